The maximum atomic E-state index is 5.98. The van der Waals surface area contributed by atoms with Crippen molar-refractivity contribution in [3.05, 3.63) is 227 Å². The molecule has 0 bridgehead atoms. The molecule has 0 aliphatic heterocycles. The molecular formula is C96H106N2S2. The van der Waals surface area contributed by atoms with E-state index in [9.17, 15) is 0 Å². The van der Waals surface area contributed by atoms with Crippen molar-refractivity contribution in [1.29, 1.82) is 0 Å². The monoisotopic (exact) mass is 1350 g/mol. The lowest BCUT2D eigenvalue weighted by atomic mass is 9.70. The van der Waals surface area contributed by atoms with Crippen LogP contribution in [0.1, 0.15) is 240 Å². The molecule has 100 heavy (non-hydrogen) atoms. The molecule has 3 heterocycles. The van der Waals surface area contributed by atoms with E-state index >= 15 is 0 Å². The molecule has 0 spiro atoms. The number of aromatic nitrogens is 2. The van der Waals surface area contributed by atoms with Gasteiger partial charge in [-0.15, -0.1) is 22.7 Å². The van der Waals surface area contributed by atoms with Gasteiger partial charge in [-0.05, 0) is 188 Å². The molecule has 3 aromatic heterocycles. The summed E-state index contributed by atoms with van der Waals surface area (Å²) < 4.78 is 2.82. The number of aryl methyl sites for hydroxylation is 2. The summed E-state index contributed by atoms with van der Waals surface area (Å²) in [6.07, 6.45) is 35.5. The van der Waals surface area contributed by atoms with Crippen molar-refractivity contribution in [2.24, 2.45) is 0 Å². The third-order valence-corrected chi connectivity index (χ3v) is 25.3. The largest absolute Gasteiger partial charge is 0.228 e. The zero-order chi connectivity index (χ0) is 68.4. The molecule has 2 aliphatic carbocycles. The second-order valence-corrected chi connectivity index (χ2v) is 32.4. The third kappa shape index (κ3) is 14.6. The molecule has 12 aromatic rings. The minimum atomic E-state index is -0.140. The summed E-state index contributed by atoms with van der Waals surface area (Å²) in [4.78, 5) is 14.7. The van der Waals surface area contributed by atoms with Gasteiger partial charge in [0.1, 0.15) is 0 Å². The number of rotatable bonds is 34. The first-order valence-electron chi connectivity index (χ1n) is 39.3. The maximum absolute atomic E-state index is 5.98. The van der Waals surface area contributed by atoms with Crippen molar-refractivity contribution in [1.82, 2.24) is 9.97 Å². The minimum Gasteiger partial charge on any atom is -0.228 e. The van der Waals surface area contributed by atoms with Crippen molar-refractivity contribution in [3.8, 4) is 88.9 Å². The molecule has 9 aromatic carbocycles. The molecule has 0 unspecified atom stereocenters. The Labute approximate surface area is 607 Å². The molecule has 0 N–H and O–H groups in total. The van der Waals surface area contributed by atoms with Gasteiger partial charge in [-0.3, -0.25) is 0 Å². The van der Waals surface area contributed by atoms with Gasteiger partial charge < -0.3 is 0 Å². The highest BCUT2D eigenvalue weighted by molar-refractivity contribution is 7.29. The molecule has 0 fully saturated rings. The Hall–Kier alpha value is -7.76. The number of unbranched alkanes of at least 4 members (excludes halogenated alkanes) is 20. The smallest absolute Gasteiger partial charge is 0.160 e. The fourth-order valence-corrected chi connectivity index (χ4v) is 20.0. The van der Waals surface area contributed by atoms with Crippen molar-refractivity contribution in [3.63, 3.8) is 0 Å². The number of fused-ring (bicyclic) bond motifs is 9. The summed E-state index contributed by atoms with van der Waals surface area (Å²) in [5.41, 5.74) is 24.3. The molecule has 2 aliphatic rings. The Bertz CT molecular complexity index is 4630. The van der Waals surface area contributed by atoms with E-state index in [0.717, 1.165) is 46.7 Å². The number of benzene rings is 9. The van der Waals surface area contributed by atoms with Crippen LogP contribution in [0.5, 0.6) is 0 Å². The van der Waals surface area contributed by atoms with Gasteiger partial charge in [0.05, 0.1) is 11.4 Å². The Morgan fingerprint density at radius 1 is 0.290 bits per heavy atom. The Morgan fingerprint density at radius 2 is 0.670 bits per heavy atom. The molecule has 14 rings (SSSR count). The lowest BCUT2D eigenvalue weighted by molar-refractivity contribution is 0.398. The van der Waals surface area contributed by atoms with Crippen LogP contribution in [0.3, 0.4) is 0 Å². The summed E-state index contributed by atoms with van der Waals surface area (Å²) in [6, 6.07) is 75.9. The van der Waals surface area contributed by atoms with Gasteiger partial charge >= 0.3 is 0 Å². The Kier molecular flexibility index (Phi) is 22.2. The quantitative estimate of drug-likeness (QED) is 0.0376. The highest BCUT2D eigenvalue weighted by atomic mass is 32.1. The zero-order valence-corrected chi connectivity index (χ0v) is 62.6. The van der Waals surface area contributed by atoms with Crippen LogP contribution in [0.4, 0.5) is 0 Å². The van der Waals surface area contributed by atoms with Gasteiger partial charge in [0, 0.05) is 46.7 Å². The second-order valence-electron chi connectivity index (χ2n) is 30.1. The van der Waals surface area contributed by atoms with E-state index in [4.69, 9.17) is 9.97 Å². The zero-order valence-electron chi connectivity index (χ0n) is 61.0. The molecule has 512 valence electrons. The Balaban J connectivity index is 0.970. The van der Waals surface area contributed by atoms with Crippen LogP contribution in [0.2, 0.25) is 0 Å². The van der Waals surface area contributed by atoms with Crippen LogP contribution in [0.25, 0.3) is 120 Å². The lowest BCUT2D eigenvalue weighted by Crippen LogP contribution is -2.26. The molecule has 4 heteroatoms. The fraction of sp³-hybridized carbons (Fsp3) is 0.375. The van der Waals surface area contributed by atoms with E-state index in [2.05, 4.69) is 236 Å². The van der Waals surface area contributed by atoms with Gasteiger partial charge in [0.25, 0.3) is 0 Å². The molecule has 0 saturated heterocycles. The number of thiophene rings is 2. The van der Waals surface area contributed by atoms with Gasteiger partial charge in [-0.25, -0.2) is 9.97 Å². The lowest BCUT2D eigenvalue weighted by Gasteiger charge is -2.33. The van der Waals surface area contributed by atoms with E-state index < -0.39 is 0 Å². The second kappa shape index (κ2) is 32.1. The predicted octanol–water partition coefficient (Wildman–Crippen LogP) is 30.2. The van der Waals surface area contributed by atoms with Gasteiger partial charge in [0.15, 0.2) is 5.82 Å². The molecule has 0 atom stereocenters. The van der Waals surface area contributed by atoms with Gasteiger partial charge in [0.2, 0.25) is 0 Å². The van der Waals surface area contributed by atoms with Crippen molar-refractivity contribution in [2.45, 2.75) is 232 Å². The highest BCUT2D eigenvalue weighted by Crippen LogP contribution is 2.58. The summed E-state index contributed by atoms with van der Waals surface area (Å²) in [5, 5.41) is 4.94. The van der Waals surface area contributed by atoms with Crippen molar-refractivity contribution < 1.29 is 0 Å². The van der Waals surface area contributed by atoms with E-state index in [-0.39, 0.29) is 10.8 Å². The summed E-state index contributed by atoms with van der Waals surface area (Å²) in [7, 11) is 0. The summed E-state index contributed by atoms with van der Waals surface area (Å²) >= 11 is 3.90. The van der Waals surface area contributed by atoms with Crippen LogP contribution < -0.4 is 0 Å². The average molecular weight is 1350 g/mol. The standard InChI is InChI=1S/C96H106N2S2/c1-7-11-15-19-23-31-53-95(54-32-24-20-16-12-8-2)85-57-67(5)45-49-81(85)82-50-46-71(62-86(82)95)89-65-90(98-94(97-89)76-60-74(79-43-35-39-69-37-27-29-41-77(69)79)59-75(61-76)80-44-36-40-70-38-28-30-42-78(70)80)72-47-51-83-84-52-48-73(91-66-93-92(100-91)58-68(6)99-93)64-88(84)96(87(83)63-72,55-33-25-21-17-13-9-3)56-34-26-22-18-14-10-4/h27-30,35-52,57-66H,7-26,31-34,53-56H2,1-6H3. The minimum absolute atomic E-state index is 0.0795. The molecule has 2 nitrogen and oxygen atoms in total. The first-order chi connectivity index (χ1) is 49.2. The Morgan fingerprint density at radius 3 is 1.13 bits per heavy atom. The van der Waals surface area contributed by atoms with Crippen LogP contribution >= 0.6 is 22.7 Å². The van der Waals surface area contributed by atoms with E-state index in [1.165, 1.54) is 274 Å². The normalized spacial score (nSPS) is 13.4. The van der Waals surface area contributed by atoms with E-state index in [1.54, 1.807) is 11.1 Å². The third-order valence-electron chi connectivity index (χ3n) is 23.0. The van der Waals surface area contributed by atoms with Crippen LogP contribution in [0, 0.1) is 13.8 Å². The number of hydrogen-bond acceptors (Lipinski definition) is 4. The molecule has 0 saturated carbocycles. The van der Waals surface area contributed by atoms with Crippen LogP contribution in [-0.4, -0.2) is 9.97 Å². The van der Waals surface area contributed by atoms with Crippen molar-refractivity contribution >= 4 is 53.6 Å². The topological polar surface area (TPSA) is 25.8 Å². The number of hydrogen-bond donors (Lipinski definition) is 0. The van der Waals surface area contributed by atoms with Gasteiger partial charge in [-0.2, -0.15) is 0 Å². The fourth-order valence-electron chi connectivity index (χ4n) is 17.7. The molecule has 0 radical (unpaired) electrons. The van der Waals surface area contributed by atoms with E-state index in [0.29, 0.717) is 0 Å². The first kappa shape index (κ1) is 69.3. The van der Waals surface area contributed by atoms with Gasteiger partial charge in [-0.1, -0.05) is 327 Å². The number of nitrogens with zero attached hydrogens (tertiary/aromatic N) is 2. The summed E-state index contributed by atoms with van der Waals surface area (Å²) in [6.45, 7) is 13.9. The average Bonchev–Trinajstić information content (AvgIpc) is 1.56. The molecule has 0 amide bonds. The predicted molar refractivity (Wildman–Crippen MR) is 437 cm³/mol. The molecular weight excluding hydrogens is 1250 g/mol. The van der Waals surface area contributed by atoms with Crippen LogP contribution in [-0.2, 0) is 10.8 Å². The first-order valence-corrected chi connectivity index (χ1v) is 40.9. The van der Waals surface area contributed by atoms with Crippen LogP contribution in [0.15, 0.2) is 194 Å². The van der Waals surface area contributed by atoms with E-state index in [1.807, 2.05) is 22.7 Å². The van der Waals surface area contributed by atoms with Crippen molar-refractivity contribution in [2.75, 3.05) is 0 Å². The summed E-state index contributed by atoms with van der Waals surface area (Å²) in [5.74, 6) is 0.755. The SMILES string of the molecule is CCCCCCCCC1(CCCCCCCC)c2cc(C)ccc2-c2ccc(-c3cc(-c4ccc5c(c4)C(CCCCCCCC)(CCCCCCCC)c4cc(-c6cc7sc(C)cc7s6)ccc4-5)nc(-c4cc(-c5cccc6ccccc56)cc(-c5cccc6ccccc56)c4)n3)cc21. The highest BCUT2D eigenvalue weighted by Gasteiger charge is 2.44. The maximum Gasteiger partial charge on any atom is 0.160 e.